The molecule has 3 N–H and O–H groups in total. The minimum absolute atomic E-state index is 0.115. The molecule has 1 fully saturated rings. The molecular weight excluding hydrogens is 334 g/mol. The quantitative estimate of drug-likeness (QED) is 0.702. The van der Waals surface area contributed by atoms with Crippen molar-refractivity contribution in [3.8, 4) is 0 Å². The van der Waals surface area contributed by atoms with E-state index in [2.05, 4.69) is 26.0 Å². The maximum atomic E-state index is 12.0. The van der Waals surface area contributed by atoms with Crippen molar-refractivity contribution >= 4 is 17.6 Å². The van der Waals surface area contributed by atoms with Gasteiger partial charge in [-0.3, -0.25) is 14.7 Å². The van der Waals surface area contributed by atoms with E-state index in [1.165, 1.54) is 0 Å². The van der Waals surface area contributed by atoms with Gasteiger partial charge in [0, 0.05) is 36.2 Å². The summed E-state index contributed by atoms with van der Waals surface area (Å²) in [5.41, 5.74) is 1.74. The molecular formula is C18H25N5O3. The number of H-pyrrole nitrogens is 1. The van der Waals surface area contributed by atoms with Crippen LogP contribution in [0.15, 0.2) is 16.7 Å². The Morgan fingerprint density at radius 2 is 2.08 bits per heavy atom. The number of amides is 2. The zero-order valence-corrected chi connectivity index (χ0v) is 15.3. The second-order valence-corrected chi connectivity index (χ2v) is 7.33. The van der Waals surface area contributed by atoms with Crippen LogP contribution >= 0.6 is 0 Å². The van der Waals surface area contributed by atoms with Crippen molar-refractivity contribution in [3.05, 3.63) is 29.3 Å². The number of aromatic amines is 1. The summed E-state index contributed by atoms with van der Waals surface area (Å²) < 4.78 is 5.04. The van der Waals surface area contributed by atoms with Crippen LogP contribution in [0.25, 0.3) is 0 Å². The van der Waals surface area contributed by atoms with Crippen LogP contribution in [0.4, 0.5) is 5.82 Å². The van der Waals surface area contributed by atoms with E-state index < -0.39 is 0 Å². The van der Waals surface area contributed by atoms with Gasteiger partial charge in [0.1, 0.15) is 5.76 Å². The number of hydrogen-bond donors (Lipinski definition) is 3. The molecule has 140 valence electrons. The summed E-state index contributed by atoms with van der Waals surface area (Å²) in [6.07, 6.45) is 2.61. The van der Waals surface area contributed by atoms with Gasteiger partial charge in [-0.1, -0.05) is 5.16 Å². The molecule has 2 amide bonds. The highest BCUT2D eigenvalue weighted by atomic mass is 16.5. The summed E-state index contributed by atoms with van der Waals surface area (Å²) in [6.45, 7) is 5.74. The Bertz CT molecular complexity index is 773. The molecule has 0 atom stereocenters. The van der Waals surface area contributed by atoms with E-state index in [0.29, 0.717) is 29.8 Å². The molecule has 1 saturated carbocycles. The predicted octanol–water partition coefficient (Wildman–Crippen LogP) is 2.30. The molecule has 2 heterocycles. The van der Waals surface area contributed by atoms with E-state index >= 15 is 0 Å². The van der Waals surface area contributed by atoms with Gasteiger partial charge in [-0.15, -0.1) is 0 Å². The molecule has 0 spiro atoms. The first-order valence-electron chi connectivity index (χ1n) is 8.95. The summed E-state index contributed by atoms with van der Waals surface area (Å²) in [5.74, 6) is 1.72. The van der Waals surface area contributed by atoms with Gasteiger partial charge in [0.15, 0.2) is 5.82 Å². The fraction of sp³-hybridized carbons (Fsp3) is 0.556. The molecule has 0 aromatic carbocycles. The SMILES string of the molecule is Cc1cc(CC(=O)Nc2cc([C@H]3C[C@@H](CC(=O)NC(C)C)C3)[nH]n2)on1. The lowest BCUT2D eigenvalue weighted by atomic mass is 9.71. The third kappa shape index (κ3) is 4.71. The number of anilines is 1. The molecule has 0 radical (unpaired) electrons. The number of aromatic nitrogens is 3. The third-order valence-corrected chi connectivity index (χ3v) is 4.48. The average Bonchev–Trinajstić information content (AvgIpc) is 3.11. The molecule has 3 rings (SSSR count). The van der Waals surface area contributed by atoms with E-state index in [1.807, 2.05) is 26.8 Å². The van der Waals surface area contributed by atoms with Crippen LogP contribution in [-0.2, 0) is 16.0 Å². The van der Waals surface area contributed by atoms with Crippen LogP contribution in [0.3, 0.4) is 0 Å². The Kier molecular flexibility index (Phi) is 5.39. The van der Waals surface area contributed by atoms with Gasteiger partial charge >= 0.3 is 0 Å². The highest BCUT2D eigenvalue weighted by Gasteiger charge is 2.33. The van der Waals surface area contributed by atoms with Crippen molar-refractivity contribution in [3.63, 3.8) is 0 Å². The standard InChI is InChI=1S/C18H25N5O3/c1-10(2)19-17(24)7-12-5-13(6-12)15-9-16(22-21-15)20-18(25)8-14-4-11(3)23-26-14/h4,9-10,12-13H,5-8H2,1-3H3,(H,19,24)(H2,20,21,22,25)/t12-,13+. The average molecular weight is 359 g/mol. The number of carbonyl (C=O) groups is 2. The minimum atomic E-state index is -0.198. The number of nitrogens with zero attached hydrogens (tertiary/aromatic N) is 2. The lowest BCUT2D eigenvalue weighted by Crippen LogP contribution is -2.34. The van der Waals surface area contributed by atoms with Gasteiger partial charge in [-0.2, -0.15) is 5.10 Å². The predicted molar refractivity (Wildman–Crippen MR) is 95.5 cm³/mol. The lowest BCUT2D eigenvalue weighted by molar-refractivity contribution is -0.123. The summed E-state index contributed by atoms with van der Waals surface area (Å²) in [5, 5.41) is 16.6. The van der Waals surface area contributed by atoms with Crippen molar-refractivity contribution in [2.75, 3.05) is 5.32 Å². The molecule has 0 saturated heterocycles. The molecule has 0 bridgehead atoms. The van der Waals surface area contributed by atoms with Crippen molar-refractivity contribution < 1.29 is 14.1 Å². The van der Waals surface area contributed by atoms with Crippen molar-refractivity contribution in [2.45, 2.75) is 58.4 Å². The smallest absolute Gasteiger partial charge is 0.233 e. The molecule has 8 heteroatoms. The summed E-state index contributed by atoms with van der Waals surface area (Å²) >= 11 is 0. The Morgan fingerprint density at radius 1 is 1.31 bits per heavy atom. The van der Waals surface area contributed by atoms with Crippen molar-refractivity contribution in [2.24, 2.45) is 5.92 Å². The minimum Gasteiger partial charge on any atom is -0.361 e. The Balaban J connectivity index is 1.44. The van der Waals surface area contributed by atoms with E-state index in [9.17, 15) is 9.59 Å². The van der Waals surface area contributed by atoms with E-state index in [1.54, 1.807) is 6.07 Å². The first kappa shape index (κ1) is 18.2. The Hall–Kier alpha value is -2.64. The highest BCUT2D eigenvalue weighted by Crippen LogP contribution is 2.43. The van der Waals surface area contributed by atoms with Gasteiger partial charge in [-0.05, 0) is 39.5 Å². The fourth-order valence-electron chi connectivity index (χ4n) is 3.25. The third-order valence-electron chi connectivity index (χ3n) is 4.48. The monoisotopic (exact) mass is 359 g/mol. The van der Waals surface area contributed by atoms with Crippen LogP contribution < -0.4 is 10.6 Å². The summed E-state index contributed by atoms with van der Waals surface area (Å²) in [7, 11) is 0. The van der Waals surface area contributed by atoms with Crippen molar-refractivity contribution in [1.82, 2.24) is 20.7 Å². The summed E-state index contributed by atoms with van der Waals surface area (Å²) in [6, 6.07) is 3.77. The van der Waals surface area contributed by atoms with Gasteiger partial charge in [0.05, 0.1) is 12.1 Å². The largest absolute Gasteiger partial charge is 0.361 e. The van der Waals surface area contributed by atoms with E-state index in [-0.39, 0.29) is 24.3 Å². The fourth-order valence-corrected chi connectivity index (χ4v) is 3.25. The van der Waals surface area contributed by atoms with Gasteiger partial charge in [0.2, 0.25) is 11.8 Å². The van der Waals surface area contributed by atoms with Crippen molar-refractivity contribution in [1.29, 1.82) is 0 Å². The second kappa shape index (κ2) is 7.72. The zero-order valence-electron chi connectivity index (χ0n) is 15.3. The highest BCUT2D eigenvalue weighted by molar-refractivity contribution is 5.91. The Labute approximate surface area is 152 Å². The first-order chi connectivity index (χ1) is 12.4. The van der Waals surface area contributed by atoms with Crippen LogP contribution in [0.2, 0.25) is 0 Å². The molecule has 26 heavy (non-hydrogen) atoms. The normalized spacial score (nSPS) is 19.2. The molecule has 0 aliphatic heterocycles. The van der Waals surface area contributed by atoms with E-state index in [4.69, 9.17) is 4.52 Å². The molecule has 0 unspecified atom stereocenters. The molecule has 2 aromatic rings. The number of rotatable bonds is 7. The number of hydrogen-bond acceptors (Lipinski definition) is 5. The summed E-state index contributed by atoms with van der Waals surface area (Å²) in [4.78, 5) is 23.8. The number of carbonyl (C=O) groups excluding carboxylic acids is 2. The first-order valence-corrected chi connectivity index (χ1v) is 8.95. The van der Waals surface area contributed by atoms with E-state index in [0.717, 1.165) is 24.2 Å². The molecule has 2 aromatic heterocycles. The number of aryl methyl sites for hydroxylation is 1. The maximum absolute atomic E-state index is 12.0. The molecule has 1 aliphatic rings. The van der Waals surface area contributed by atoms with Crippen LogP contribution in [0.1, 0.15) is 56.2 Å². The van der Waals surface area contributed by atoms with Gasteiger partial charge < -0.3 is 15.2 Å². The molecule has 8 nitrogen and oxygen atoms in total. The second-order valence-electron chi connectivity index (χ2n) is 7.33. The van der Waals surface area contributed by atoms with Crippen LogP contribution in [-0.4, -0.2) is 33.2 Å². The lowest BCUT2D eigenvalue weighted by Gasteiger charge is -2.34. The van der Waals surface area contributed by atoms with Crippen LogP contribution in [0.5, 0.6) is 0 Å². The van der Waals surface area contributed by atoms with Gasteiger partial charge in [-0.25, -0.2) is 0 Å². The number of nitrogens with one attached hydrogen (secondary N) is 3. The van der Waals surface area contributed by atoms with Crippen LogP contribution in [0, 0.1) is 12.8 Å². The zero-order chi connectivity index (χ0) is 18.7. The van der Waals surface area contributed by atoms with Gasteiger partial charge in [0.25, 0.3) is 0 Å². The maximum Gasteiger partial charge on any atom is 0.233 e. The Morgan fingerprint density at radius 3 is 2.73 bits per heavy atom. The molecule has 1 aliphatic carbocycles. The topological polar surface area (TPSA) is 113 Å².